The number of benzene rings is 1. The summed E-state index contributed by atoms with van der Waals surface area (Å²) in [5, 5.41) is 17.7. The van der Waals surface area contributed by atoms with E-state index in [1.165, 1.54) is 18.4 Å². The highest BCUT2D eigenvalue weighted by Crippen LogP contribution is 2.45. The molecule has 1 aromatic carbocycles. The van der Waals surface area contributed by atoms with E-state index in [0.717, 1.165) is 40.8 Å². The van der Waals surface area contributed by atoms with E-state index in [1.807, 2.05) is 0 Å². The lowest BCUT2D eigenvalue weighted by atomic mass is 9.69. The topological polar surface area (TPSA) is 114 Å². The lowest BCUT2D eigenvalue weighted by molar-refractivity contribution is -0.119. The van der Waals surface area contributed by atoms with Crippen LogP contribution in [0.25, 0.3) is 10.8 Å². The molecule has 9 heteroatoms. The molecule has 1 aliphatic rings. The van der Waals surface area contributed by atoms with E-state index >= 15 is 0 Å². The quantitative estimate of drug-likeness (QED) is 0.516. The van der Waals surface area contributed by atoms with Crippen molar-refractivity contribution in [1.82, 2.24) is 9.78 Å². The van der Waals surface area contributed by atoms with Crippen LogP contribution in [0, 0.1) is 22.7 Å². The second-order valence-electron chi connectivity index (χ2n) is 9.55. The minimum Gasteiger partial charge on any atom is -0.451 e. The first-order chi connectivity index (χ1) is 16.7. The van der Waals surface area contributed by atoms with E-state index in [9.17, 15) is 19.6 Å². The van der Waals surface area contributed by atoms with Gasteiger partial charge < -0.3 is 10.1 Å². The number of aromatic nitrogens is 2. The van der Waals surface area contributed by atoms with Gasteiger partial charge in [0.25, 0.3) is 11.5 Å². The molecule has 0 saturated heterocycles. The zero-order chi connectivity index (χ0) is 25.3. The number of carbonyl (C=O) groups excluding carboxylic acids is 2. The van der Waals surface area contributed by atoms with Crippen molar-refractivity contribution >= 4 is 39.0 Å². The molecule has 2 heterocycles. The third kappa shape index (κ3) is 4.71. The van der Waals surface area contributed by atoms with Gasteiger partial charge in [-0.15, -0.1) is 11.3 Å². The molecule has 1 N–H and O–H groups in total. The monoisotopic (exact) mass is 492 g/mol. The van der Waals surface area contributed by atoms with Gasteiger partial charge in [-0.05, 0) is 42.2 Å². The van der Waals surface area contributed by atoms with Crippen LogP contribution in [0.1, 0.15) is 60.1 Å². The van der Waals surface area contributed by atoms with E-state index in [1.54, 1.807) is 24.3 Å². The normalized spacial score (nSPS) is 15.3. The largest absolute Gasteiger partial charge is 0.451 e. The number of anilines is 1. The summed E-state index contributed by atoms with van der Waals surface area (Å²) in [7, 11) is 1.45. The number of ether oxygens (including phenoxy) is 1. The molecule has 3 aromatic rings. The van der Waals surface area contributed by atoms with Crippen LogP contribution in [0.5, 0.6) is 0 Å². The number of nitrogens with zero attached hydrogens (tertiary/aromatic N) is 3. The molecule has 1 unspecified atom stereocenters. The second-order valence-corrected chi connectivity index (χ2v) is 10.7. The summed E-state index contributed by atoms with van der Waals surface area (Å²) >= 11 is 1.44. The molecule has 35 heavy (non-hydrogen) atoms. The minimum atomic E-state index is -0.803. The van der Waals surface area contributed by atoms with Crippen molar-refractivity contribution in [2.24, 2.45) is 18.4 Å². The Morgan fingerprint density at radius 2 is 2.03 bits per heavy atom. The number of amides is 1. The summed E-state index contributed by atoms with van der Waals surface area (Å²) < 4.78 is 6.28. The predicted octanol–water partition coefficient (Wildman–Crippen LogP) is 4.20. The Morgan fingerprint density at radius 1 is 1.31 bits per heavy atom. The van der Waals surface area contributed by atoms with E-state index in [0.29, 0.717) is 27.3 Å². The maximum absolute atomic E-state index is 12.7. The molecule has 1 atom stereocenters. The Kier molecular flexibility index (Phi) is 6.77. The molecule has 8 nitrogen and oxygen atoms in total. The molecule has 0 aliphatic heterocycles. The number of aryl methyl sites for hydroxylation is 1. The Labute approximate surface area is 207 Å². The van der Waals surface area contributed by atoms with Gasteiger partial charge in [0.05, 0.1) is 10.9 Å². The number of carbonyl (C=O) groups is 2. The second kappa shape index (κ2) is 9.62. The van der Waals surface area contributed by atoms with Gasteiger partial charge in [-0.2, -0.15) is 10.4 Å². The number of hydrogen-bond donors (Lipinski definition) is 1. The fraction of sp³-hybridized carbons (Fsp3) is 0.423. The third-order valence-electron chi connectivity index (χ3n) is 7.13. The van der Waals surface area contributed by atoms with Crippen LogP contribution in [0.4, 0.5) is 5.00 Å². The number of thiophene rings is 1. The summed E-state index contributed by atoms with van der Waals surface area (Å²) in [5.74, 6) is -0.811. The Bertz CT molecular complexity index is 1410. The van der Waals surface area contributed by atoms with E-state index < -0.39 is 18.5 Å². The first-order valence-electron chi connectivity index (χ1n) is 11.6. The number of fused-ring (bicyclic) bond motifs is 2. The van der Waals surface area contributed by atoms with Crippen LogP contribution in [-0.2, 0) is 29.4 Å². The van der Waals surface area contributed by atoms with Gasteiger partial charge in [0.1, 0.15) is 11.1 Å². The van der Waals surface area contributed by atoms with Crippen LogP contribution in [0.2, 0.25) is 0 Å². The highest BCUT2D eigenvalue weighted by atomic mass is 32.1. The number of rotatable bonds is 6. The summed E-state index contributed by atoms with van der Waals surface area (Å²) in [4.78, 5) is 38.7. The molecule has 0 bridgehead atoms. The molecule has 0 fully saturated rings. The molecule has 1 aliphatic carbocycles. The number of esters is 1. The molecule has 0 radical (unpaired) electrons. The fourth-order valence-electron chi connectivity index (χ4n) is 4.56. The average Bonchev–Trinajstić information content (AvgIpc) is 3.20. The molecule has 0 spiro atoms. The molecule has 2 aromatic heterocycles. The third-order valence-corrected chi connectivity index (χ3v) is 8.30. The highest BCUT2D eigenvalue weighted by Gasteiger charge is 2.34. The van der Waals surface area contributed by atoms with Crippen molar-refractivity contribution < 1.29 is 14.3 Å². The Hall–Kier alpha value is -3.51. The van der Waals surface area contributed by atoms with Gasteiger partial charge in [0, 0.05) is 17.3 Å². The number of nitrogens with one attached hydrogen (secondary N) is 1. The van der Waals surface area contributed by atoms with Gasteiger partial charge in [-0.25, -0.2) is 9.48 Å². The maximum Gasteiger partial charge on any atom is 0.359 e. The van der Waals surface area contributed by atoms with E-state index in [4.69, 9.17) is 4.74 Å². The van der Waals surface area contributed by atoms with Gasteiger partial charge in [0.15, 0.2) is 12.3 Å². The number of nitriles is 1. The van der Waals surface area contributed by atoms with Crippen molar-refractivity contribution in [1.29, 1.82) is 5.26 Å². The van der Waals surface area contributed by atoms with Gasteiger partial charge in [0.2, 0.25) is 0 Å². The van der Waals surface area contributed by atoms with Crippen LogP contribution in [0.3, 0.4) is 0 Å². The minimum absolute atomic E-state index is 0.0376. The van der Waals surface area contributed by atoms with Crippen molar-refractivity contribution in [3.63, 3.8) is 0 Å². The van der Waals surface area contributed by atoms with Crippen molar-refractivity contribution in [3.8, 4) is 6.07 Å². The zero-order valence-electron chi connectivity index (χ0n) is 20.3. The van der Waals surface area contributed by atoms with Crippen LogP contribution in [0.15, 0.2) is 29.1 Å². The van der Waals surface area contributed by atoms with E-state index in [-0.39, 0.29) is 16.7 Å². The lowest BCUT2D eigenvalue weighted by Gasteiger charge is -2.36. The summed E-state index contributed by atoms with van der Waals surface area (Å²) in [5.41, 5.74) is 1.37. The molecular weight excluding hydrogens is 464 g/mol. The Balaban J connectivity index is 1.47. The molecule has 1 amide bonds. The first-order valence-corrected chi connectivity index (χ1v) is 12.5. The van der Waals surface area contributed by atoms with Crippen LogP contribution in [-0.4, -0.2) is 28.3 Å². The van der Waals surface area contributed by atoms with E-state index in [2.05, 4.69) is 37.3 Å². The molecule has 182 valence electrons. The smallest absolute Gasteiger partial charge is 0.359 e. The van der Waals surface area contributed by atoms with Gasteiger partial charge >= 0.3 is 5.97 Å². The van der Waals surface area contributed by atoms with Crippen LogP contribution >= 0.6 is 11.3 Å². The van der Waals surface area contributed by atoms with Gasteiger partial charge in [-0.1, -0.05) is 45.4 Å². The summed E-state index contributed by atoms with van der Waals surface area (Å²) in [6.07, 6.45) is 3.81. The SMILES string of the molecule is CCC(C)(C)C1CCc2c(sc(NC(=O)COC(=O)c3nn(C)c(=O)c4ccccc34)c2C#N)C1. The standard InChI is InChI=1S/C26H28N4O4S/c1-5-26(2,3)15-10-11-16-19(13-27)23(35-20(16)12-15)28-21(31)14-34-25(33)22-17-8-6-7-9-18(17)24(32)30(4)29-22/h6-9,15H,5,10-12,14H2,1-4H3,(H,28,31). The molecule has 4 rings (SSSR count). The van der Waals surface area contributed by atoms with Crippen molar-refractivity contribution in [2.75, 3.05) is 11.9 Å². The summed E-state index contributed by atoms with van der Waals surface area (Å²) in [6, 6.07) is 8.86. The zero-order valence-corrected chi connectivity index (χ0v) is 21.1. The maximum atomic E-state index is 12.7. The summed E-state index contributed by atoms with van der Waals surface area (Å²) in [6.45, 7) is 6.23. The first kappa shape index (κ1) is 24.6. The average molecular weight is 493 g/mol. The molecular formula is C26H28N4O4S. The lowest BCUT2D eigenvalue weighted by Crippen LogP contribution is -2.28. The van der Waals surface area contributed by atoms with Crippen molar-refractivity contribution in [2.45, 2.75) is 46.5 Å². The number of hydrogen-bond acceptors (Lipinski definition) is 7. The van der Waals surface area contributed by atoms with Crippen molar-refractivity contribution in [3.05, 3.63) is 56.3 Å². The Morgan fingerprint density at radius 3 is 2.71 bits per heavy atom. The van der Waals surface area contributed by atoms with Gasteiger partial charge in [-0.3, -0.25) is 9.59 Å². The fourth-order valence-corrected chi connectivity index (χ4v) is 5.85. The highest BCUT2D eigenvalue weighted by molar-refractivity contribution is 7.16. The molecule has 0 saturated carbocycles. The predicted molar refractivity (Wildman–Crippen MR) is 135 cm³/mol. The van der Waals surface area contributed by atoms with Crippen LogP contribution < -0.4 is 10.9 Å².